The van der Waals surface area contributed by atoms with Gasteiger partial charge in [0.2, 0.25) is 11.8 Å². The molecule has 1 aliphatic rings. The van der Waals surface area contributed by atoms with Crippen molar-refractivity contribution in [1.82, 2.24) is 15.8 Å². The van der Waals surface area contributed by atoms with E-state index < -0.39 is 6.04 Å². The van der Waals surface area contributed by atoms with E-state index in [9.17, 15) is 9.59 Å². The Morgan fingerprint density at radius 1 is 1.53 bits per heavy atom. The lowest BCUT2D eigenvalue weighted by Gasteiger charge is -2.08. The van der Waals surface area contributed by atoms with E-state index in [0.29, 0.717) is 5.82 Å². The molecule has 1 aromatic rings. The number of aromatic nitrogens is 1. The molecule has 1 aliphatic heterocycles. The number of hydrazine groups is 1. The van der Waals surface area contributed by atoms with E-state index in [1.54, 1.807) is 24.4 Å². The van der Waals surface area contributed by atoms with Gasteiger partial charge in [0, 0.05) is 6.20 Å². The maximum Gasteiger partial charge on any atom is 0.245 e. The van der Waals surface area contributed by atoms with Crippen LogP contribution in [0.5, 0.6) is 0 Å². The highest BCUT2D eigenvalue weighted by Crippen LogP contribution is 2.04. The van der Waals surface area contributed by atoms with Gasteiger partial charge < -0.3 is 5.32 Å². The van der Waals surface area contributed by atoms with Crippen LogP contribution in [0.1, 0.15) is 6.42 Å². The van der Waals surface area contributed by atoms with Gasteiger partial charge in [-0.25, -0.2) is 10.4 Å². The molecule has 1 fully saturated rings. The van der Waals surface area contributed by atoms with Gasteiger partial charge in [-0.3, -0.25) is 15.0 Å². The summed E-state index contributed by atoms with van der Waals surface area (Å²) in [6.45, 7) is 0. The first-order valence-electron chi connectivity index (χ1n) is 4.52. The van der Waals surface area contributed by atoms with Crippen LogP contribution < -0.4 is 16.2 Å². The van der Waals surface area contributed by atoms with E-state index >= 15 is 0 Å². The highest BCUT2D eigenvalue weighted by molar-refractivity contribution is 5.98. The van der Waals surface area contributed by atoms with Crippen molar-refractivity contribution in [3.8, 4) is 0 Å². The number of hydrogen-bond acceptors (Lipinski definition) is 4. The Bertz CT molecular complexity index is 379. The van der Waals surface area contributed by atoms with Crippen LogP contribution in [0.4, 0.5) is 5.82 Å². The van der Waals surface area contributed by atoms with Crippen LogP contribution in [0.25, 0.3) is 0 Å². The number of carbonyl (C=O) groups excluding carboxylic acids is 2. The maximum atomic E-state index is 11.6. The van der Waals surface area contributed by atoms with Crippen molar-refractivity contribution in [3.05, 3.63) is 24.4 Å². The van der Waals surface area contributed by atoms with E-state index in [0.717, 1.165) is 0 Å². The molecule has 2 rings (SSSR count). The van der Waals surface area contributed by atoms with Gasteiger partial charge in [-0.05, 0) is 12.1 Å². The van der Waals surface area contributed by atoms with Crippen molar-refractivity contribution in [3.63, 3.8) is 0 Å². The van der Waals surface area contributed by atoms with E-state index in [1.165, 1.54) is 0 Å². The molecule has 1 aromatic heterocycles. The zero-order valence-electron chi connectivity index (χ0n) is 7.86. The molecular weight excluding hydrogens is 196 g/mol. The van der Waals surface area contributed by atoms with Crippen molar-refractivity contribution in [2.75, 3.05) is 5.32 Å². The minimum absolute atomic E-state index is 0.151. The van der Waals surface area contributed by atoms with Crippen LogP contribution in [0, 0.1) is 0 Å². The van der Waals surface area contributed by atoms with Gasteiger partial charge in [-0.2, -0.15) is 0 Å². The molecule has 0 radical (unpaired) electrons. The summed E-state index contributed by atoms with van der Waals surface area (Å²) in [5.74, 6) is 0.0202. The van der Waals surface area contributed by atoms with Gasteiger partial charge in [-0.15, -0.1) is 0 Å². The summed E-state index contributed by atoms with van der Waals surface area (Å²) in [4.78, 5) is 26.3. The van der Waals surface area contributed by atoms with Crippen molar-refractivity contribution in [2.45, 2.75) is 12.5 Å². The number of nitrogens with zero attached hydrogens (tertiary/aromatic N) is 1. The van der Waals surface area contributed by atoms with Gasteiger partial charge >= 0.3 is 0 Å². The maximum absolute atomic E-state index is 11.6. The first-order valence-corrected chi connectivity index (χ1v) is 4.52. The molecule has 1 unspecified atom stereocenters. The van der Waals surface area contributed by atoms with Crippen molar-refractivity contribution in [1.29, 1.82) is 0 Å². The minimum atomic E-state index is -0.528. The number of nitrogens with one attached hydrogen (secondary N) is 3. The largest absolute Gasteiger partial charge is 0.309 e. The first kappa shape index (κ1) is 9.60. The van der Waals surface area contributed by atoms with Gasteiger partial charge in [0.05, 0.1) is 6.42 Å². The molecule has 1 atom stereocenters. The van der Waals surface area contributed by atoms with Crippen LogP contribution in [0.15, 0.2) is 24.4 Å². The van der Waals surface area contributed by atoms with E-state index in [4.69, 9.17) is 0 Å². The lowest BCUT2D eigenvalue weighted by atomic mass is 10.2. The minimum Gasteiger partial charge on any atom is -0.309 e. The predicted octanol–water partition coefficient (Wildman–Crippen LogP) is -0.587. The van der Waals surface area contributed by atoms with Gasteiger partial charge in [-0.1, -0.05) is 6.07 Å². The average Bonchev–Trinajstić information content (AvgIpc) is 2.66. The molecule has 0 aromatic carbocycles. The number of anilines is 1. The lowest BCUT2D eigenvalue weighted by Crippen LogP contribution is -2.39. The molecule has 0 saturated carbocycles. The molecule has 78 valence electrons. The van der Waals surface area contributed by atoms with Crippen molar-refractivity contribution >= 4 is 17.6 Å². The second-order valence-corrected chi connectivity index (χ2v) is 3.15. The first-order chi connectivity index (χ1) is 7.25. The third-order valence-electron chi connectivity index (χ3n) is 2.01. The van der Waals surface area contributed by atoms with Crippen LogP contribution in [-0.2, 0) is 9.59 Å². The molecule has 0 bridgehead atoms. The predicted molar refractivity (Wildman–Crippen MR) is 52.6 cm³/mol. The van der Waals surface area contributed by atoms with Crippen LogP contribution >= 0.6 is 0 Å². The third-order valence-corrected chi connectivity index (χ3v) is 2.01. The molecule has 1 saturated heterocycles. The van der Waals surface area contributed by atoms with Crippen molar-refractivity contribution < 1.29 is 9.59 Å². The average molecular weight is 206 g/mol. The highest BCUT2D eigenvalue weighted by atomic mass is 16.2. The Balaban J connectivity index is 1.96. The normalized spacial score (nSPS) is 19.7. The number of amides is 2. The summed E-state index contributed by atoms with van der Waals surface area (Å²) in [5, 5.41) is 2.60. The fourth-order valence-corrected chi connectivity index (χ4v) is 1.26. The molecule has 2 heterocycles. The smallest absolute Gasteiger partial charge is 0.245 e. The molecule has 3 N–H and O–H groups in total. The molecular formula is C9H10N4O2. The Morgan fingerprint density at radius 2 is 2.40 bits per heavy atom. The molecule has 15 heavy (non-hydrogen) atoms. The molecule has 0 spiro atoms. The number of hydrogen-bond donors (Lipinski definition) is 3. The quantitative estimate of drug-likeness (QED) is 0.604. The topological polar surface area (TPSA) is 83.1 Å². The Morgan fingerprint density at radius 3 is 3.00 bits per heavy atom. The summed E-state index contributed by atoms with van der Waals surface area (Å²) in [6.07, 6.45) is 1.74. The molecule has 0 aliphatic carbocycles. The molecule has 6 heteroatoms. The highest BCUT2D eigenvalue weighted by Gasteiger charge is 2.27. The van der Waals surface area contributed by atoms with E-state index in [1.807, 2.05) is 0 Å². The van der Waals surface area contributed by atoms with Gasteiger partial charge in [0.15, 0.2) is 0 Å². The van der Waals surface area contributed by atoms with Crippen LogP contribution in [-0.4, -0.2) is 22.8 Å². The van der Waals surface area contributed by atoms with E-state index in [2.05, 4.69) is 21.2 Å². The fourth-order valence-electron chi connectivity index (χ4n) is 1.26. The summed E-state index contributed by atoms with van der Waals surface area (Å²) in [7, 11) is 0. The zero-order valence-corrected chi connectivity index (χ0v) is 7.86. The van der Waals surface area contributed by atoms with Crippen molar-refractivity contribution in [2.24, 2.45) is 0 Å². The summed E-state index contributed by atoms with van der Waals surface area (Å²) in [5.41, 5.74) is 4.95. The second kappa shape index (κ2) is 4.05. The fraction of sp³-hybridized carbons (Fsp3) is 0.222. The summed E-state index contributed by atoms with van der Waals surface area (Å²) in [6, 6.07) is 4.68. The number of carbonyl (C=O) groups is 2. The zero-order chi connectivity index (χ0) is 10.7. The summed E-state index contributed by atoms with van der Waals surface area (Å²) < 4.78 is 0. The third kappa shape index (κ3) is 2.29. The standard InChI is InChI=1S/C9H10N4O2/c14-8-5-6(12-13-8)9(15)11-7-3-1-2-4-10-7/h1-4,6,12H,5H2,(H,13,14)(H,10,11,15). The second-order valence-electron chi connectivity index (χ2n) is 3.15. The monoisotopic (exact) mass is 206 g/mol. The number of pyridine rings is 1. The summed E-state index contributed by atoms with van der Waals surface area (Å²) >= 11 is 0. The lowest BCUT2D eigenvalue weighted by molar-refractivity contribution is -0.121. The Kier molecular flexibility index (Phi) is 2.59. The van der Waals surface area contributed by atoms with Crippen LogP contribution in [0.3, 0.4) is 0 Å². The van der Waals surface area contributed by atoms with Gasteiger partial charge in [0.25, 0.3) is 0 Å². The SMILES string of the molecule is O=C1CC(C(=O)Nc2ccccn2)NN1. The van der Waals surface area contributed by atoms with E-state index in [-0.39, 0.29) is 18.2 Å². The Labute approximate surface area is 86.0 Å². The van der Waals surface area contributed by atoms with Crippen LogP contribution in [0.2, 0.25) is 0 Å². The molecule has 6 nitrogen and oxygen atoms in total. The number of rotatable bonds is 2. The Hall–Kier alpha value is -1.95. The molecule has 2 amide bonds. The van der Waals surface area contributed by atoms with Gasteiger partial charge in [0.1, 0.15) is 11.9 Å².